The number of aromatic hydroxyl groups is 1. The van der Waals surface area contributed by atoms with E-state index in [0.717, 1.165) is 19.3 Å². The average molecular weight is 260 g/mol. The molecule has 0 aromatic heterocycles. The number of nitrogens with one attached hydrogen (secondary N) is 1. The highest BCUT2D eigenvalue weighted by atomic mass is 16.5. The van der Waals surface area contributed by atoms with Gasteiger partial charge in [0.05, 0.1) is 24.7 Å². The fourth-order valence-electron chi connectivity index (χ4n) is 2.36. The second-order valence-corrected chi connectivity index (χ2v) is 4.63. The van der Waals surface area contributed by atoms with E-state index in [0.29, 0.717) is 5.75 Å². The van der Waals surface area contributed by atoms with Crippen LogP contribution < -0.4 is 10.1 Å². The number of rotatable bonds is 3. The van der Waals surface area contributed by atoms with Crippen molar-refractivity contribution in [1.29, 1.82) is 5.26 Å². The molecule has 0 saturated heterocycles. The van der Waals surface area contributed by atoms with E-state index in [1.807, 2.05) is 0 Å². The van der Waals surface area contributed by atoms with Gasteiger partial charge in [0.1, 0.15) is 11.5 Å². The molecule has 0 bridgehead atoms. The van der Waals surface area contributed by atoms with Gasteiger partial charge in [0.25, 0.3) is 5.91 Å². The third-order valence-corrected chi connectivity index (χ3v) is 3.45. The normalized spacial score (nSPS) is 21.7. The highest BCUT2D eigenvalue weighted by Gasteiger charge is 2.29. The van der Waals surface area contributed by atoms with Crippen LogP contribution in [0, 0.1) is 17.2 Å². The molecule has 2 unspecified atom stereocenters. The maximum atomic E-state index is 12.1. The molecule has 5 nitrogen and oxygen atoms in total. The lowest BCUT2D eigenvalue weighted by Crippen LogP contribution is -2.36. The Balaban J connectivity index is 2.14. The first kappa shape index (κ1) is 13.2. The van der Waals surface area contributed by atoms with E-state index in [2.05, 4.69) is 11.4 Å². The molecule has 1 amide bonds. The van der Waals surface area contributed by atoms with Gasteiger partial charge < -0.3 is 15.2 Å². The van der Waals surface area contributed by atoms with Crippen molar-refractivity contribution < 1.29 is 14.6 Å². The van der Waals surface area contributed by atoms with Crippen LogP contribution in [0.4, 0.5) is 0 Å². The van der Waals surface area contributed by atoms with Crippen molar-refractivity contribution in [2.75, 3.05) is 7.11 Å². The zero-order valence-electron chi connectivity index (χ0n) is 10.7. The van der Waals surface area contributed by atoms with Gasteiger partial charge in [0.2, 0.25) is 0 Å². The van der Waals surface area contributed by atoms with Crippen molar-refractivity contribution in [3.8, 4) is 17.6 Å². The average Bonchev–Trinajstić information content (AvgIpc) is 2.86. The van der Waals surface area contributed by atoms with Crippen molar-refractivity contribution in [2.45, 2.75) is 25.3 Å². The topological polar surface area (TPSA) is 82.3 Å². The molecular formula is C14H16N2O3. The van der Waals surface area contributed by atoms with E-state index >= 15 is 0 Å². The summed E-state index contributed by atoms with van der Waals surface area (Å²) >= 11 is 0. The predicted molar refractivity (Wildman–Crippen MR) is 68.9 cm³/mol. The number of phenols is 1. The summed E-state index contributed by atoms with van der Waals surface area (Å²) in [5.41, 5.74) is 0.169. The lowest BCUT2D eigenvalue weighted by atomic mass is 10.0. The van der Waals surface area contributed by atoms with Crippen LogP contribution in [0.3, 0.4) is 0 Å². The summed E-state index contributed by atoms with van der Waals surface area (Å²) in [6.45, 7) is 0. The van der Waals surface area contributed by atoms with E-state index in [1.54, 1.807) is 6.07 Å². The molecular weight excluding hydrogens is 244 g/mol. The number of carbonyl (C=O) groups is 1. The van der Waals surface area contributed by atoms with Gasteiger partial charge in [-0.05, 0) is 37.5 Å². The maximum absolute atomic E-state index is 12.1. The quantitative estimate of drug-likeness (QED) is 0.868. The number of benzene rings is 1. The molecule has 1 saturated carbocycles. The minimum absolute atomic E-state index is 0.0928. The first-order chi connectivity index (χ1) is 9.15. The van der Waals surface area contributed by atoms with Gasteiger partial charge in [-0.2, -0.15) is 5.26 Å². The maximum Gasteiger partial charge on any atom is 0.255 e. The molecule has 0 radical (unpaired) electrons. The van der Waals surface area contributed by atoms with Crippen molar-refractivity contribution in [3.63, 3.8) is 0 Å². The first-order valence-electron chi connectivity index (χ1n) is 6.23. The number of methoxy groups -OCH3 is 1. The molecule has 100 valence electrons. The number of carbonyl (C=O) groups excluding carboxylic acids is 1. The lowest BCUT2D eigenvalue weighted by Gasteiger charge is -2.16. The van der Waals surface area contributed by atoms with Gasteiger partial charge >= 0.3 is 0 Å². The molecule has 1 aromatic rings. The molecule has 1 aliphatic carbocycles. The minimum atomic E-state index is -0.372. The van der Waals surface area contributed by atoms with Gasteiger partial charge in [-0.15, -0.1) is 0 Å². The largest absolute Gasteiger partial charge is 0.507 e. The SMILES string of the molecule is COc1ccc(O)c(C(=O)NC2CCCC2C#N)c1. The van der Waals surface area contributed by atoms with Crippen LogP contribution in [-0.2, 0) is 0 Å². The number of amides is 1. The summed E-state index contributed by atoms with van der Waals surface area (Å²) in [7, 11) is 1.50. The van der Waals surface area contributed by atoms with Crippen LogP contribution >= 0.6 is 0 Å². The highest BCUT2D eigenvalue weighted by molar-refractivity contribution is 5.97. The monoisotopic (exact) mass is 260 g/mol. The fourth-order valence-corrected chi connectivity index (χ4v) is 2.36. The van der Waals surface area contributed by atoms with E-state index in [1.165, 1.54) is 19.2 Å². The summed E-state index contributed by atoms with van der Waals surface area (Å²) < 4.78 is 5.03. The summed E-state index contributed by atoms with van der Waals surface area (Å²) in [4.78, 5) is 12.1. The van der Waals surface area contributed by atoms with Crippen molar-refractivity contribution in [3.05, 3.63) is 23.8 Å². The van der Waals surface area contributed by atoms with Gasteiger partial charge in [-0.25, -0.2) is 0 Å². The summed E-state index contributed by atoms with van der Waals surface area (Å²) in [5, 5.41) is 21.5. The fraction of sp³-hybridized carbons (Fsp3) is 0.429. The van der Waals surface area contributed by atoms with Crippen LogP contribution in [0.1, 0.15) is 29.6 Å². The van der Waals surface area contributed by atoms with E-state index in [4.69, 9.17) is 10.00 Å². The van der Waals surface area contributed by atoms with Crippen LogP contribution in [0.25, 0.3) is 0 Å². The second-order valence-electron chi connectivity index (χ2n) is 4.63. The van der Waals surface area contributed by atoms with Gasteiger partial charge in [-0.1, -0.05) is 0 Å². The third-order valence-electron chi connectivity index (χ3n) is 3.45. The Hall–Kier alpha value is -2.22. The number of nitriles is 1. The van der Waals surface area contributed by atoms with E-state index < -0.39 is 0 Å². The number of hydrogen-bond acceptors (Lipinski definition) is 4. The Morgan fingerprint density at radius 2 is 2.32 bits per heavy atom. The second kappa shape index (κ2) is 5.61. The van der Waals surface area contributed by atoms with Crippen LogP contribution in [0.5, 0.6) is 11.5 Å². The molecule has 1 aromatic carbocycles. The van der Waals surface area contributed by atoms with Gasteiger partial charge in [0.15, 0.2) is 0 Å². The molecule has 0 spiro atoms. The van der Waals surface area contributed by atoms with Crippen molar-refractivity contribution >= 4 is 5.91 Å². The Labute approximate surface area is 111 Å². The first-order valence-corrected chi connectivity index (χ1v) is 6.23. The zero-order chi connectivity index (χ0) is 13.8. The van der Waals surface area contributed by atoms with Gasteiger partial charge in [-0.3, -0.25) is 4.79 Å². The molecule has 5 heteroatoms. The van der Waals surface area contributed by atoms with E-state index in [9.17, 15) is 9.90 Å². The minimum Gasteiger partial charge on any atom is -0.507 e. The third kappa shape index (κ3) is 2.79. The number of hydrogen-bond donors (Lipinski definition) is 2. The zero-order valence-corrected chi connectivity index (χ0v) is 10.7. The number of phenolic OH excluding ortho intramolecular Hbond substituents is 1. The molecule has 1 fully saturated rings. The van der Waals surface area contributed by atoms with Crippen molar-refractivity contribution in [1.82, 2.24) is 5.32 Å². The highest BCUT2D eigenvalue weighted by Crippen LogP contribution is 2.27. The Kier molecular flexibility index (Phi) is 3.91. The Morgan fingerprint density at radius 3 is 3.00 bits per heavy atom. The molecule has 2 rings (SSSR count). The Bertz CT molecular complexity index is 522. The molecule has 2 N–H and O–H groups in total. The smallest absolute Gasteiger partial charge is 0.255 e. The predicted octanol–water partition coefficient (Wildman–Crippen LogP) is 1.82. The molecule has 1 aliphatic rings. The lowest BCUT2D eigenvalue weighted by molar-refractivity contribution is 0.0930. The summed E-state index contributed by atoms with van der Waals surface area (Å²) in [6.07, 6.45) is 2.55. The van der Waals surface area contributed by atoms with Gasteiger partial charge in [0, 0.05) is 6.04 Å². The standard InChI is InChI=1S/C14H16N2O3/c1-19-10-5-6-13(17)11(7-10)14(18)16-12-4-2-3-9(12)8-15/h5-7,9,12,17H,2-4H2,1H3,(H,16,18). The molecule has 0 aliphatic heterocycles. The molecule has 19 heavy (non-hydrogen) atoms. The van der Waals surface area contributed by atoms with Crippen LogP contribution in [-0.4, -0.2) is 24.2 Å². The Morgan fingerprint density at radius 1 is 1.53 bits per heavy atom. The number of ether oxygens (including phenoxy) is 1. The van der Waals surface area contributed by atoms with Crippen LogP contribution in [0.15, 0.2) is 18.2 Å². The molecule has 0 heterocycles. The number of nitrogens with zero attached hydrogens (tertiary/aromatic N) is 1. The van der Waals surface area contributed by atoms with E-state index in [-0.39, 0.29) is 29.2 Å². The molecule has 2 atom stereocenters. The van der Waals surface area contributed by atoms with Crippen molar-refractivity contribution in [2.24, 2.45) is 5.92 Å². The van der Waals surface area contributed by atoms with Crippen LogP contribution in [0.2, 0.25) is 0 Å². The summed E-state index contributed by atoms with van der Waals surface area (Å²) in [6, 6.07) is 6.56. The summed E-state index contributed by atoms with van der Waals surface area (Å²) in [5.74, 6) is -0.101.